The predicted molar refractivity (Wildman–Crippen MR) is 140 cm³/mol. The molecule has 5 nitrogen and oxygen atoms in total. The Morgan fingerprint density at radius 2 is 1.15 bits per heavy atom. The van der Waals surface area contributed by atoms with Gasteiger partial charge in [0.1, 0.15) is 11.6 Å². The first-order chi connectivity index (χ1) is 16.5. The minimum atomic E-state index is 0.362. The number of nitrogens with one attached hydrogen (secondary N) is 2. The van der Waals surface area contributed by atoms with Crippen molar-refractivity contribution >= 4 is 32.4 Å². The molecule has 0 saturated carbocycles. The van der Waals surface area contributed by atoms with Crippen LogP contribution in [0.5, 0.6) is 0 Å². The van der Waals surface area contributed by atoms with Crippen LogP contribution in [0, 0.1) is 0 Å². The maximum absolute atomic E-state index is 4.81. The summed E-state index contributed by atoms with van der Waals surface area (Å²) in [6, 6.07) is 17.5. The minimum Gasteiger partial charge on any atom is -0.342 e. The smallest absolute Gasteiger partial charge is 0.109 e. The third kappa shape index (κ3) is 3.27. The number of aromatic nitrogens is 5. The van der Waals surface area contributed by atoms with Gasteiger partial charge < -0.3 is 9.97 Å². The van der Waals surface area contributed by atoms with Crippen LogP contribution < -0.4 is 0 Å². The highest BCUT2D eigenvalue weighted by molar-refractivity contribution is 6.25. The van der Waals surface area contributed by atoms with E-state index in [4.69, 9.17) is 4.98 Å². The average Bonchev–Trinajstić information content (AvgIpc) is 3.54. The summed E-state index contributed by atoms with van der Waals surface area (Å²) < 4.78 is 0. The minimum absolute atomic E-state index is 0.362. The molecule has 3 heterocycles. The van der Waals surface area contributed by atoms with Gasteiger partial charge in [0.2, 0.25) is 0 Å². The van der Waals surface area contributed by atoms with E-state index < -0.39 is 0 Å². The molecule has 168 valence electrons. The van der Waals surface area contributed by atoms with E-state index in [-0.39, 0.29) is 0 Å². The number of H-pyrrole nitrogens is 2. The molecule has 5 heteroatoms. The molecule has 0 aliphatic rings. The van der Waals surface area contributed by atoms with Crippen molar-refractivity contribution in [3.8, 4) is 22.5 Å². The second-order valence-electron chi connectivity index (χ2n) is 9.59. The van der Waals surface area contributed by atoms with E-state index in [1.807, 2.05) is 24.7 Å². The molecule has 0 bridgehead atoms. The molecule has 0 radical (unpaired) electrons. The van der Waals surface area contributed by atoms with E-state index >= 15 is 0 Å². The Hall–Kier alpha value is -3.99. The second kappa shape index (κ2) is 7.80. The fraction of sp³-hybridized carbons (Fsp3) is 0.207. The number of benzene rings is 3. The molecule has 0 fully saturated rings. The number of hydrogen-bond donors (Lipinski definition) is 2. The zero-order valence-corrected chi connectivity index (χ0v) is 19.8. The molecular formula is C29H27N5. The molecule has 0 spiro atoms. The lowest BCUT2D eigenvalue weighted by molar-refractivity contribution is 0.795. The monoisotopic (exact) mass is 445 g/mol. The maximum atomic E-state index is 4.81. The third-order valence-corrected chi connectivity index (χ3v) is 6.59. The van der Waals surface area contributed by atoms with Crippen molar-refractivity contribution in [2.24, 2.45) is 0 Å². The van der Waals surface area contributed by atoms with Gasteiger partial charge >= 0.3 is 0 Å². The quantitative estimate of drug-likeness (QED) is 0.275. The van der Waals surface area contributed by atoms with Gasteiger partial charge in [0.25, 0.3) is 0 Å². The van der Waals surface area contributed by atoms with E-state index in [0.717, 1.165) is 50.5 Å². The Balaban J connectivity index is 1.58. The molecule has 3 aromatic carbocycles. The molecule has 6 rings (SSSR count). The largest absolute Gasteiger partial charge is 0.342 e. The summed E-state index contributed by atoms with van der Waals surface area (Å²) in [4.78, 5) is 20.9. The van der Waals surface area contributed by atoms with Crippen molar-refractivity contribution in [2.75, 3.05) is 0 Å². The lowest BCUT2D eigenvalue weighted by Crippen LogP contribution is -1.90. The first-order valence-electron chi connectivity index (χ1n) is 11.8. The summed E-state index contributed by atoms with van der Waals surface area (Å²) in [6.45, 7) is 8.59. The molecule has 3 aromatic heterocycles. The number of nitrogens with zero attached hydrogens (tertiary/aromatic N) is 3. The van der Waals surface area contributed by atoms with E-state index in [1.165, 1.54) is 16.2 Å². The van der Waals surface area contributed by atoms with Crippen molar-refractivity contribution in [1.29, 1.82) is 0 Å². The number of imidazole rings is 2. The van der Waals surface area contributed by atoms with Crippen LogP contribution in [-0.2, 0) is 0 Å². The van der Waals surface area contributed by atoms with Crippen LogP contribution in [0.1, 0.15) is 51.2 Å². The highest BCUT2D eigenvalue weighted by atomic mass is 14.9. The van der Waals surface area contributed by atoms with Gasteiger partial charge in [-0.1, -0.05) is 58.0 Å². The van der Waals surface area contributed by atoms with Crippen molar-refractivity contribution in [2.45, 2.75) is 39.5 Å². The summed E-state index contributed by atoms with van der Waals surface area (Å²) in [5, 5.41) is 5.93. The van der Waals surface area contributed by atoms with E-state index in [2.05, 4.69) is 90.1 Å². The number of aromatic amines is 2. The van der Waals surface area contributed by atoms with E-state index in [9.17, 15) is 0 Å². The molecular weight excluding hydrogens is 418 g/mol. The Kier molecular flexibility index (Phi) is 4.73. The first kappa shape index (κ1) is 20.6. The second-order valence-corrected chi connectivity index (χ2v) is 9.59. The summed E-state index contributed by atoms with van der Waals surface area (Å²) in [5.74, 6) is 2.74. The van der Waals surface area contributed by atoms with Crippen LogP contribution in [0.2, 0.25) is 0 Å². The molecule has 0 aliphatic carbocycles. The van der Waals surface area contributed by atoms with E-state index in [1.54, 1.807) is 0 Å². The van der Waals surface area contributed by atoms with Crippen molar-refractivity contribution in [3.63, 3.8) is 0 Å². The highest BCUT2D eigenvalue weighted by Gasteiger charge is 2.14. The Labute approximate surface area is 198 Å². The Morgan fingerprint density at radius 3 is 1.71 bits per heavy atom. The fourth-order valence-electron chi connectivity index (χ4n) is 4.70. The SMILES string of the molecule is CC(C)c1ncc(-c2ccc3c(c2)c2cccnc2c2cc(-c4cnc(C(C)C)[nH]4)ccc32)[nH]1. The number of pyridine rings is 1. The van der Waals surface area contributed by atoms with Crippen molar-refractivity contribution in [1.82, 2.24) is 24.9 Å². The molecule has 0 unspecified atom stereocenters. The molecule has 0 atom stereocenters. The van der Waals surface area contributed by atoms with Crippen LogP contribution in [0.3, 0.4) is 0 Å². The predicted octanol–water partition coefficient (Wildman–Crippen LogP) is 7.57. The molecule has 0 saturated heterocycles. The van der Waals surface area contributed by atoms with Gasteiger partial charge in [0.15, 0.2) is 0 Å². The first-order valence-corrected chi connectivity index (χ1v) is 11.8. The van der Waals surface area contributed by atoms with Gasteiger partial charge in [-0.05, 0) is 34.4 Å². The Morgan fingerprint density at radius 1 is 0.588 bits per heavy atom. The van der Waals surface area contributed by atoms with Crippen molar-refractivity contribution in [3.05, 3.63) is 78.8 Å². The summed E-state index contributed by atoms with van der Waals surface area (Å²) in [7, 11) is 0. The zero-order chi connectivity index (χ0) is 23.4. The maximum Gasteiger partial charge on any atom is 0.109 e. The molecule has 6 aromatic rings. The van der Waals surface area contributed by atoms with E-state index in [0.29, 0.717) is 11.8 Å². The van der Waals surface area contributed by atoms with Gasteiger partial charge in [-0.2, -0.15) is 0 Å². The normalized spacial score (nSPS) is 12.1. The van der Waals surface area contributed by atoms with Crippen LogP contribution >= 0.6 is 0 Å². The third-order valence-electron chi connectivity index (χ3n) is 6.59. The van der Waals surface area contributed by atoms with Gasteiger partial charge in [-0.25, -0.2) is 9.97 Å². The summed E-state index contributed by atoms with van der Waals surface area (Å²) >= 11 is 0. The van der Waals surface area contributed by atoms with Crippen LogP contribution in [0.15, 0.2) is 67.1 Å². The number of hydrogen-bond acceptors (Lipinski definition) is 3. The fourth-order valence-corrected chi connectivity index (χ4v) is 4.70. The average molecular weight is 446 g/mol. The molecule has 0 aliphatic heterocycles. The van der Waals surface area contributed by atoms with Gasteiger partial charge in [-0.15, -0.1) is 0 Å². The lowest BCUT2D eigenvalue weighted by atomic mass is 9.94. The molecule has 0 amide bonds. The molecule has 2 N–H and O–H groups in total. The van der Waals surface area contributed by atoms with Crippen LogP contribution in [0.25, 0.3) is 55.0 Å². The highest BCUT2D eigenvalue weighted by Crippen LogP contribution is 2.37. The van der Waals surface area contributed by atoms with Crippen LogP contribution in [-0.4, -0.2) is 24.9 Å². The number of fused-ring (bicyclic) bond motifs is 6. The Bertz CT molecular complexity index is 1520. The van der Waals surface area contributed by atoms with Gasteiger partial charge in [-0.3, -0.25) is 4.98 Å². The van der Waals surface area contributed by atoms with Crippen LogP contribution in [0.4, 0.5) is 0 Å². The van der Waals surface area contributed by atoms with Crippen molar-refractivity contribution < 1.29 is 0 Å². The number of rotatable bonds is 4. The molecule has 34 heavy (non-hydrogen) atoms. The summed E-state index contributed by atoms with van der Waals surface area (Å²) in [6.07, 6.45) is 5.73. The summed E-state index contributed by atoms with van der Waals surface area (Å²) in [5.41, 5.74) is 5.34. The standard InChI is InChI=1S/C29H27N5/c1-16(2)28-31-14-25(33-28)18-7-9-20-21-10-8-19(26-15-32-29(34-26)17(3)4)13-24(21)27-22(23(20)12-18)6-5-11-30-27/h5-17H,1-4H3,(H,31,33)(H,32,34). The van der Waals surface area contributed by atoms with Gasteiger partial charge in [0.05, 0.1) is 29.3 Å². The van der Waals surface area contributed by atoms with Gasteiger partial charge in [0, 0.05) is 39.9 Å². The zero-order valence-electron chi connectivity index (χ0n) is 19.8. The topological polar surface area (TPSA) is 70.2 Å². The lowest BCUT2D eigenvalue weighted by Gasteiger charge is -2.12.